The standard InChI is InChI=1S/C11H15N5OS/c1-2-8-10(18-16-15-8)11(17)14-5-3-4-9-12-6-7-13-9/h6-7H,2-5H2,1H3,(H,12,13)(H,14,17). The van der Waals surface area contributed by atoms with Crippen molar-refractivity contribution in [3.63, 3.8) is 0 Å². The molecule has 0 aromatic carbocycles. The third kappa shape index (κ3) is 3.13. The Hall–Kier alpha value is -1.76. The minimum absolute atomic E-state index is 0.0821. The first kappa shape index (κ1) is 12.7. The van der Waals surface area contributed by atoms with Crippen molar-refractivity contribution < 1.29 is 4.79 Å². The van der Waals surface area contributed by atoms with Gasteiger partial charge in [-0.25, -0.2) is 4.98 Å². The number of carbonyl (C=O) groups is 1. The molecule has 0 aliphatic rings. The summed E-state index contributed by atoms with van der Waals surface area (Å²) in [5.41, 5.74) is 0.767. The highest BCUT2D eigenvalue weighted by atomic mass is 32.1. The van der Waals surface area contributed by atoms with E-state index in [9.17, 15) is 4.79 Å². The van der Waals surface area contributed by atoms with Gasteiger partial charge in [-0.15, -0.1) is 5.10 Å². The zero-order valence-electron chi connectivity index (χ0n) is 10.1. The Morgan fingerprint density at radius 3 is 3.17 bits per heavy atom. The first-order chi connectivity index (χ1) is 8.81. The number of aromatic amines is 1. The normalized spacial score (nSPS) is 10.5. The molecule has 7 heteroatoms. The smallest absolute Gasteiger partial charge is 0.264 e. The lowest BCUT2D eigenvalue weighted by Crippen LogP contribution is -2.25. The summed E-state index contributed by atoms with van der Waals surface area (Å²) in [5, 5.41) is 6.79. The number of aryl methyl sites for hydroxylation is 2. The van der Waals surface area contributed by atoms with Gasteiger partial charge in [-0.05, 0) is 24.4 Å². The predicted octanol–water partition coefficient (Wildman–Crippen LogP) is 1.19. The predicted molar refractivity (Wildman–Crippen MR) is 68.5 cm³/mol. The number of carbonyl (C=O) groups excluding carboxylic acids is 1. The summed E-state index contributed by atoms with van der Waals surface area (Å²) in [4.78, 5) is 19.6. The van der Waals surface area contributed by atoms with Crippen molar-refractivity contribution in [1.29, 1.82) is 0 Å². The van der Waals surface area contributed by atoms with Crippen molar-refractivity contribution in [3.8, 4) is 0 Å². The molecule has 2 rings (SSSR count). The zero-order valence-corrected chi connectivity index (χ0v) is 11.0. The first-order valence-corrected chi connectivity index (χ1v) is 6.66. The fourth-order valence-electron chi connectivity index (χ4n) is 1.59. The van der Waals surface area contributed by atoms with E-state index in [1.54, 1.807) is 12.4 Å². The van der Waals surface area contributed by atoms with Gasteiger partial charge in [0.1, 0.15) is 10.7 Å². The van der Waals surface area contributed by atoms with Crippen LogP contribution in [-0.2, 0) is 12.8 Å². The average Bonchev–Trinajstić information content (AvgIpc) is 3.04. The van der Waals surface area contributed by atoms with Crippen LogP contribution >= 0.6 is 11.5 Å². The largest absolute Gasteiger partial charge is 0.351 e. The van der Waals surface area contributed by atoms with Crippen molar-refractivity contribution in [2.24, 2.45) is 0 Å². The topological polar surface area (TPSA) is 83.6 Å². The average molecular weight is 265 g/mol. The number of nitrogens with one attached hydrogen (secondary N) is 2. The van der Waals surface area contributed by atoms with Gasteiger partial charge in [-0.3, -0.25) is 4.79 Å². The first-order valence-electron chi connectivity index (χ1n) is 5.89. The van der Waals surface area contributed by atoms with Gasteiger partial charge in [0.05, 0.1) is 5.69 Å². The highest BCUT2D eigenvalue weighted by molar-refractivity contribution is 7.08. The van der Waals surface area contributed by atoms with Crippen LogP contribution < -0.4 is 5.32 Å². The van der Waals surface area contributed by atoms with Gasteiger partial charge >= 0.3 is 0 Å². The van der Waals surface area contributed by atoms with Gasteiger partial charge in [0, 0.05) is 25.4 Å². The van der Waals surface area contributed by atoms with Crippen LogP contribution in [0, 0.1) is 0 Å². The number of hydrogen-bond acceptors (Lipinski definition) is 5. The van der Waals surface area contributed by atoms with Crippen molar-refractivity contribution in [2.75, 3.05) is 6.54 Å². The molecule has 18 heavy (non-hydrogen) atoms. The SMILES string of the molecule is CCc1nnsc1C(=O)NCCCc1ncc[nH]1. The maximum Gasteiger partial charge on any atom is 0.264 e. The number of nitrogens with zero attached hydrogens (tertiary/aromatic N) is 3. The molecule has 1 amide bonds. The second-order valence-corrected chi connectivity index (χ2v) is 4.55. The molecule has 0 saturated carbocycles. The lowest BCUT2D eigenvalue weighted by atomic mass is 10.2. The Labute approximate surface area is 109 Å². The Balaban J connectivity index is 1.75. The summed E-state index contributed by atoms with van der Waals surface area (Å²) in [6.45, 7) is 2.59. The third-order valence-corrected chi connectivity index (χ3v) is 3.29. The molecule has 0 fully saturated rings. The molecule has 0 radical (unpaired) electrons. The van der Waals surface area contributed by atoms with Crippen LogP contribution in [0.15, 0.2) is 12.4 Å². The van der Waals surface area contributed by atoms with Gasteiger partial charge < -0.3 is 10.3 Å². The van der Waals surface area contributed by atoms with E-state index in [0.29, 0.717) is 11.4 Å². The fourth-order valence-corrected chi connectivity index (χ4v) is 2.25. The van der Waals surface area contributed by atoms with Gasteiger partial charge in [-0.2, -0.15) is 0 Å². The Kier molecular flexibility index (Phi) is 4.40. The van der Waals surface area contributed by atoms with Crippen LogP contribution in [0.2, 0.25) is 0 Å². The number of H-pyrrole nitrogens is 1. The third-order valence-electron chi connectivity index (χ3n) is 2.53. The summed E-state index contributed by atoms with van der Waals surface area (Å²) in [7, 11) is 0. The maximum atomic E-state index is 11.8. The van der Waals surface area contributed by atoms with E-state index in [-0.39, 0.29) is 5.91 Å². The Morgan fingerprint density at radius 1 is 1.56 bits per heavy atom. The van der Waals surface area contributed by atoms with Crippen molar-refractivity contribution in [1.82, 2.24) is 24.9 Å². The minimum atomic E-state index is -0.0821. The van der Waals surface area contributed by atoms with E-state index in [1.165, 1.54) is 0 Å². The second kappa shape index (κ2) is 6.25. The molecule has 0 saturated heterocycles. The monoisotopic (exact) mass is 265 g/mol. The summed E-state index contributed by atoms with van der Waals surface area (Å²) >= 11 is 1.15. The number of amides is 1. The van der Waals surface area contributed by atoms with Gasteiger partial charge in [-0.1, -0.05) is 11.4 Å². The highest BCUT2D eigenvalue weighted by Crippen LogP contribution is 2.10. The van der Waals surface area contributed by atoms with Crippen LogP contribution in [-0.4, -0.2) is 32.0 Å². The van der Waals surface area contributed by atoms with E-state index in [4.69, 9.17) is 0 Å². The fraction of sp³-hybridized carbons (Fsp3) is 0.455. The lowest BCUT2D eigenvalue weighted by Gasteiger charge is -2.03. The van der Waals surface area contributed by atoms with Crippen molar-refractivity contribution in [2.45, 2.75) is 26.2 Å². The number of aromatic nitrogens is 4. The molecule has 6 nitrogen and oxygen atoms in total. The number of hydrogen-bond donors (Lipinski definition) is 2. The molecular weight excluding hydrogens is 250 g/mol. The second-order valence-electron chi connectivity index (χ2n) is 3.80. The number of rotatable bonds is 6. The number of imidazole rings is 1. The highest BCUT2D eigenvalue weighted by Gasteiger charge is 2.13. The molecule has 2 N–H and O–H groups in total. The summed E-state index contributed by atoms with van der Waals surface area (Å²) in [6.07, 6.45) is 5.93. The molecule has 0 aliphatic heterocycles. The van der Waals surface area contributed by atoms with Crippen LogP contribution in [0.1, 0.15) is 34.5 Å². The molecule has 0 atom stereocenters. The van der Waals surface area contributed by atoms with Crippen molar-refractivity contribution in [3.05, 3.63) is 28.8 Å². The zero-order chi connectivity index (χ0) is 12.8. The molecule has 96 valence electrons. The van der Waals surface area contributed by atoms with Gasteiger partial charge in [0.15, 0.2) is 0 Å². The molecular formula is C11H15N5OS. The molecule has 2 heterocycles. The van der Waals surface area contributed by atoms with Crippen molar-refractivity contribution >= 4 is 17.4 Å². The summed E-state index contributed by atoms with van der Waals surface area (Å²) < 4.78 is 3.80. The van der Waals surface area contributed by atoms with E-state index in [0.717, 1.165) is 42.3 Å². The van der Waals surface area contributed by atoms with Gasteiger partial charge in [0.2, 0.25) is 0 Å². The minimum Gasteiger partial charge on any atom is -0.351 e. The Morgan fingerprint density at radius 2 is 2.44 bits per heavy atom. The van der Waals surface area contributed by atoms with Crippen LogP contribution in [0.5, 0.6) is 0 Å². The van der Waals surface area contributed by atoms with E-state index in [1.807, 2.05) is 6.92 Å². The lowest BCUT2D eigenvalue weighted by molar-refractivity contribution is 0.0956. The van der Waals surface area contributed by atoms with Crippen LogP contribution in [0.3, 0.4) is 0 Å². The quantitative estimate of drug-likeness (QED) is 0.768. The molecule has 2 aromatic heterocycles. The molecule has 0 spiro atoms. The maximum absolute atomic E-state index is 11.8. The molecule has 0 bridgehead atoms. The van der Waals surface area contributed by atoms with Crippen LogP contribution in [0.25, 0.3) is 0 Å². The van der Waals surface area contributed by atoms with Crippen LogP contribution in [0.4, 0.5) is 0 Å². The summed E-state index contributed by atoms with van der Waals surface area (Å²) in [6, 6.07) is 0. The van der Waals surface area contributed by atoms with Gasteiger partial charge in [0.25, 0.3) is 5.91 Å². The van der Waals surface area contributed by atoms with E-state index >= 15 is 0 Å². The van der Waals surface area contributed by atoms with E-state index in [2.05, 4.69) is 24.9 Å². The Bertz CT molecular complexity index is 493. The molecule has 0 unspecified atom stereocenters. The molecule has 2 aromatic rings. The summed E-state index contributed by atoms with van der Waals surface area (Å²) in [5.74, 6) is 0.860. The van der Waals surface area contributed by atoms with E-state index < -0.39 is 0 Å². The molecule has 0 aliphatic carbocycles.